The normalized spacial score (nSPS) is 32.6. The van der Waals surface area contributed by atoms with Crippen molar-refractivity contribution in [1.82, 2.24) is 0 Å². The third-order valence-electron chi connectivity index (χ3n) is 2.77. The van der Waals surface area contributed by atoms with Crippen molar-refractivity contribution in [3.63, 3.8) is 0 Å². The fourth-order valence-corrected chi connectivity index (χ4v) is 1.83. The smallest absolute Gasteiger partial charge is 0.184 e. The second kappa shape index (κ2) is 5.42. The molecule has 0 radical (unpaired) electrons. The van der Waals surface area contributed by atoms with Gasteiger partial charge < -0.3 is 19.7 Å². The maximum atomic E-state index is 9.69. The van der Waals surface area contributed by atoms with Crippen molar-refractivity contribution in [3.8, 4) is 0 Å². The van der Waals surface area contributed by atoms with Crippen molar-refractivity contribution in [2.45, 2.75) is 31.2 Å². The molecule has 92 valence electrons. The molecule has 1 aliphatic heterocycles. The van der Waals surface area contributed by atoms with Gasteiger partial charge in [-0.05, 0) is 5.56 Å². The molecule has 0 aliphatic carbocycles. The molecule has 0 aromatic heterocycles. The molecule has 2 N–H and O–H groups in total. The summed E-state index contributed by atoms with van der Waals surface area (Å²) in [6.07, 6.45) is -1.79. The predicted molar refractivity (Wildman–Crippen MR) is 62.1 cm³/mol. The van der Waals surface area contributed by atoms with Crippen LogP contribution >= 0.6 is 0 Å². The molecule has 1 aromatic carbocycles. The summed E-state index contributed by atoms with van der Waals surface area (Å²) in [5.41, 5.74) is 1.00. The molecule has 4 heteroatoms. The van der Waals surface area contributed by atoms with Crippen LogP contribution in [0.3, 0.4) is 0 Å². The van der Waals surface area contributed by atoms with E-state index in [-0.39, 0.29) is 0 Å². The summed E-state index contributed by atoms with van der Waals surface area (Å²) < 4.78 is 10.7. The Morgan fingerprint density at radius 1 is 1.29 bits per heavy atom. The Bertz CT molecular complexity index is 365. The van der Waals surface area contributed by atoms with E-state index in [0.717, 1.165) is 5.56 Å². The van der Waals surface area contributed by atoms with E-state index in [0.29, 0.717) is 6.61 Å². The molecule has 0 spiro atoms. The van der Waals surface area contributed by atoms with Crippen LogP contribution in [0.2, 0.25) is 0 Å². The second-order valence-electron chi connectivity index (χ2n) is 3.98. The maximum absolute atomic E-state index is 9.69. The number of hydrogen-bond acceptors (Lipinski definition) is 4. The first-order chi connectivity index (χ1) is 8.22. The molecule has 0 saturated carbocycles. The molecular weight excluding hydrogens is 220 g/mol. The van der Waals surface area contributed by atoms with E-state index in [9.17, 15) is 10.2 Å². The van der Waals surface area contributed by atoms with E-state index in [1.807, 2.05) is 30.3 Å². The highest BCUT2D eigenvalue weighted by Crippen LogP contribution is 2.24. The summed E-state index contributed by atoms with van der Waals surface area (Å²) in [6.45, 7) is 3.95. The van der Waals surface area contributed by atoms with Crippen molar-refractivity contribution >= 4 is 0 Å². The average molecular weight is 236 g/mol. The quantitative estimate of drug-likeness (QED) is 0.760. The van der Waals surface area contributed by atoms with Gasteiger partial charge in [0.05, 0.1) is 6.61 Å². The summed E-state index contributed by atoms with van der Waals surface area (Å²) in [7, 11) is 0. The van der Waals surface area contributed by atoms with Crippen LogP contribution in [-0.2, 0) is 16.1 Å². The van der Waals surface area contributed by atoms with E-state index >= 15 is 0 Å². The molecule has 0 amide bonds. The molecule has 1 aromatic rings. The average Bonchev–Trinajstić information content (AvgIpc) is 2.64. The van der Waals surface area contributed by atoms with Crippen LogP contribution in [0, 0.1) is 0 Å². The monoisotopic (exact) mass is 236 g/mol. The second-order valence-corrected chi connectivity index (χ2v) is 3.98. The van der Waals surface area contributed by atoms with Crippen molar-refractivity contribution < 1.29 is 19.7 Å². The van der Waals surface area contributed by atoms with Gasteiger partial charge >= 0.3 is 0 Å². The van der Waals surface area contributed by atoms with Crippen molar-refractivity contribution in [3.05, 3.63) is 48.6 Å². The van der Waals surface area contributed by atoms with E-state index in [4.69, 9.17) is 9.47 Å². The van der Waals surface area contributed by atoms with Crippen molar-refractivity contribution in [1.29, 1.82) is 0 Å². The lowest BCUT2D eigenvalue weighted by atomic mass is 10.1. The Labute approximate surface area is 100 Å². The minimum absolute atomic E-state index is 0.364. The number of aliphatic hydroxyl groups excluding tert-OH is 2. The molecule has 2 rings (SSSR count). The molecule has 1 heterocycles. The Kier molecular flexibility index (Phi) is 3.91. The van der Waals surface area contributed by atoms with E-state index in [1.54, 1.807) is 0 Å². The Balaban J connectivity index is 1.96. The number of rotatable bonds is 4. The lowest BCUT2D eigenvalue weighted by molar-refractivity contribution is -0.121. The highest BCUT2D eigenvalue weighted by molar-refractivity contribution is 5.13. The summed E-state index contributed by atoms with van der Waals surface area (Å²) >= 11 is 0. The molecule has 1 saturated heterocycles. The summed E-state index contributed by atoms with van der Waals surface area (Å²) in [6, 6.07) is 9.62. The van der Waals surface area contributed by atoms with Crippen LogP contribution in [0.5, 0.6) is 0 Å². The topological polar surface area (TPSA) is 58.9 Å². The summed E-state index contributed by atoms with van der Waals surface area (Å²) in [5, 5.41) is 19.1. The van der Waals surface area contributed by atoms with Gasteiger partial charge in [-0.2, -0.15) is 0 Å². The predicted octanol–water partition coefficient (Wildman–Crippen LogP) is 0.836. The zero-order valence-electron chi connectivity index (χ0n) is 9.40. The Hall–Kier alpha value is -1.20. The number of ether oxygens (including phenoxy) is 2. The third-order valence-corrected chi connectivity index (χ3v) is 2.77. The van der Waals surface area contributed by atoms with Gasteiger partial charge in [-0.15, -0.1) is 6.58 Å². The van der Waals surface area contributed by atoms with Gasteiger partial charge in [-0.25, -0.2) is 0 Å². The molecule has 4 atom stereocenters. The summed E-state index contributed by atoms with van der Waals surface area (Å²) in [4.78, 5) is 0. The van der Waals surface area contributed by atoms with Crippen LogP contribution in [0.4, 0.5) is 0 Å². The lowest BCUT2D eigenvalue weighted by Crippen LogP contribution is -2.34. The first-order valence-electron chi connectivity index (χ1n) is 5.52. The van der Waals surface area contributed by atoms with Crippen LogP contribution < -0.4 is 0 Å². The zero-order valence-corrected chi connectivity index (χ0v) is 9.40. The van der Waals surface area contributed by atoms with Crippen LogP contribution in [0.25, 0.3) is 0 Å². The number of aliphatic hydroxyl groups is 2. The summed E-state index contributed by atoms with van der Waals surface area (Å²) in [5.74, 6) is 0. The molecule has 4 nitrogen and oxygen atoms in total. The SMILES string of the molecule is C=C[C@@H]1O[C@@H](O)[C@@H](O)[C@@H]1OCc1ccccc1. The van der Waals surface area contributed by atoms with Gasteiger partial charge in [0.25, 0.3) is 0 Å². The zero-order chi connectivity index (χ0) is 12.3. The number of benzene rings is 1. The molecule has 0 unspecified atom stereocenters. The van der Waals surface area contributed by atoms with Gasteiger partial charge in [-0.1, -0.05) is 36.4 Å². The largest absolute Gasteiger partial charge is 0.385 e. The van der Waals surface area contributed by atoms with E-state index in [1.165, 1.54) is 6.08 Å². The van der Waals surface area contributed by atoms with Crippen LogP contribution in [0.1, 0.15) is 5.56 Å². The van der Waals surface area contributed by atoms with Gasteiger partial charge in [0.1, 0.15) is 18.3 Å². The minimum Gasteiger partial charge on any atom is -0.385 e. The van der Waals surface area contributed by atoms with Gasteiger partial charge in [0.2, 0.25) is 0 Å². The molecule has 17 heavy (non-hydrogen) atoms. The van der Waals surface area contributed by atoms with Crippen LogP contribution in [-0.4, -0.2) is 34.8 Å². The minimum atomic E-state index is -1.21. The van der Waals surface area contributed by atoms with Crippen molar-refractivity contribution in [2.24, 2.45) is 0 Å². The van der Waals surface area contributed by atoms with Gasteiger partial charge in [0, 0.05) is 0 Å². The highest BCUT2D eigenvalue weighted by atomic mass is 16.7. The highest BCUT2D eigenvalue weighted by Gasteiger charge is 2.42. The lowest BCUT2D eigenvalue weighted by Gasteiger charge is -2.18. The van der Waals surface area contributed by atoms with Gasteiger partial charge in [-0.3, -0.25) is 0 Å². The molecule has 1 aliphatic rings. The first-order valence-corrected chi connectivity index (χ1v) is 5.52. The molecule has 0 bridgehead atoms. The van der Waals surface area contributed by atoms with Crippen LogP contribution in [0.15, 0.2) is 43.0 Å². The number of hydrogen-bond donors (Lipinski definition) is 2. The van der Waals surface area contributed by atoms with Crippen molar-refractivity contribution in [2.75, 3.05) is 0 Å². The molecule has 1 fully saturated rings. The fourth-order valence-electron chi connectivity index (χ4n) is 1.83. The maximum Gasteiger partial charge on any atom is 0.184 e. The first kappa shape index (κ1) is 12.3. The Morgan fingerprint density at radius 3 is 2.65 bits per heavy atom. The standard InChI is InChI=1S/C13H16O4/c1-2-10-12(11(14)13(15)17-10)16-8-9-6-4-3-5-7-9/h2-7,10-15H,1,8H2/t10-,11-,12+,13+/m0/s1. The third kappa shape index (κ3) is 2.73. The Morgan fingerprint density at radius 2 is 2.00 bits per heavy atom. The van der Waals surface area contributed by atoms with E-state index in [2.05, 4.69) is 6.58 Å². The fraction of sp³-hybridized carbons (Fsp3) is 0.385. The molecular formula is C13H16O4. The van der Waals surface area contributed by atoms with E-state index < -0.39 is 24.6 Å². The van der Waals surface area contributed by atoms with Gasteiger partial charge in [0.15, 0.2) is 6.29 Å².